The fourth-order valence-corrected chi connectivity index (χ4v) is 2.89. The van der Waals surface area contributed by atoms with Crippen molar-refractivity contribution < 1.29 is 9.90 Å². The van der Waals surface area contributed by atoms with E-state index in [0.717, 1.165) is 23.0 Å². The van der Waals surface area contributed by atoms with E-state index >= 15 is 0 Å². The Morgan fingerprint density at radius 3 is 2.70 bits per heavy atom. The summed E-state index contributed by atoms with van der Waals surface area (Å²) in [6.45, 7) is 0. The second-order valence-electron chi connectivity index (χ2n) is 4.95. The Labute approximate surface area is 125 Å². The molecule has 2 aromatic rings. The number of nitrogens with one attached hydrogen (secondary N) is 1. The molecule has 20 heavy (non-hydrogen) atoms. The number of benzene rings is 2. The third-order valence-corrected chi connectivity index (χ3v) is 4.05. The molecule has 0 saturated carbocycles. The van der Waals surface area contributed by atoms with E-state index in [4.69, 9.17) is 0 Å². The molecular formula is C16H14BrNO2. The number of carbonyl (C=O) groups is 1. The summed E-state index contributed by atoms with van der Waals surface area (Å²) in [7, 11) is 0. The first kappa shape index (κ1) is 13.2. The number of phenolic OH excluding ortho intramolecular Hbond substituents is 1. The number of carbonyl (C=O) groups excluding carboxylic acids is 1. The van der Waals surface area contributed by atoms with Crippen LogP contribution in [0.25, 0.3) is 0 Å². The summed E-state index contributed by atoms with van der Waals surface area (Å²) in [6.07, 6.45) is 3.37. The van der Waals surface area contributed by atoms with Gasteiger partial charge in [0.15, 0.2) is 0 Å². The van der Waals surface area contributed by atoms with Crippen LogP contribution in [-0.2, 0) is 12.8 Å². The number of fused-ring (bicyclic) bond motifs is 1. The highest BCUT2D eigenvalue weighted by Gasteiger charge is 2.14. The monoisotopic (exact) mass is 331 g/mol. The molecule has 3 rings (SSSR count). The SMILES string of the molecule is O=C(Nc1ccc2c(c1)CCC2)c1ccc(Br)cc1O. The molecule has 1 aliphatic carbocycles. The largest absolute Gasteiger partial charge is 0.507 e. The molecule has 1 aliphatic rings. The maximum absolute atomic E-state index is 12.2. The van der Waals surface area contributed by atoms with Gasteiger partial charge >= 0.3 is 0 Å². The van der Waals surface area contributed by atoms with Crippen LogP contribution in [0.5, 0.6) is 5.75 Å². The molecule has 0 spiro atoms. The minimum Gasteiger partial charge on any atom is -0.507 e. The van der Waals surface area contributed by atoms with Gasteiger partial charge in [-0.1, -0.05) is 22.0 Å². The average molecular weight is 332 g/mol. The topological polar surface area (TPSA) is 49.3 Å². The first-order valence-electron chi connectivity index (χ1n) is 6.55. The normalized spacial score (nSPS) is 13.1. The Hall–Kier alpha value is -1.81. The van der Waals surface area contributed by atoms with E-state index in [2.05, 4.69) is 27.3 Å². The van der Waals surface area contributed by atoms with Gasteiger partial charge in [-0.3, -0.25) is 4.79 Å². The van der Waals surface area contributed by atoms with Gasteiger partial charge < -0.3 is 10.4 Å². The molecule has 0 unspecified atom stereocenters. The first-order valence-corrected chi connectivity index (χ1v) is 7.34. The molecule has 0 fully saturated rings. The number of amides is 1. The van der Waals surface area contributed by atoms with Crippen LogP contribution in [0, 0.1) is 0 Å². The summed E-state index contributed by atoms with van der Waals surface area (Å²) < 4.78 is 0.740. The van der Waals surface area contributed by atoms with Gasteiger partial charge in [-0.2, -0.15) is 0 Å². The molecule has 0 heterocycles. The maximum atomic E-state index is 12.2. The second-order valence-corrected chi connectivity index (χ2v) is 5.87. The van der Waals surface area contributed by atoms with Crippen molar-refractivity contribution in [3.8, 4) is 5.75 Å². The lowest BCUT2D eigenvalue weighted by Crippen LogP contribution is -2.12. The van der Waals surface area contributed by atoms with E-state index in [1.807, 2.05) is 12.1 Å². The zero-order chi connectivity index (χ0) is 14.1. The number of hydrogen-bond donors (Lipinski definition) is 2. The average Bonchev–Trinajstić information content (AvgIpc) is 2.85. The number of hydrogen-bond acceptors (Lipinski definition) is 2. The minimum absolute atomic E-state index is 0.0296. The first-order chi connectivity index (χ1) is 9.63. The van der Waals surface area contributed by atoms with Gasteiger partial charge in [0.05, 0.1) is 5.56 Å². The molecular weight excluding hydrogens is 318 g/mol. The molecule has 0 aliphatic heterocycles. The summed E-state index contributed by atoms with van der Waals surface area (Å²) in [5.41, 5.74) is 3.73. The van der Waals surface area contributed by atoms with Crippen LogP contribution >= 0.6 is 15.9 Å². The second kappa shape index (κ2) is 5.29. The van der Waals surface area contributed by atoms with Gasteiger partial charge in [0.2, 0.25) is 0 Å². The molecule has 2 N–H and O–H groups in total. The van der Waals surface area contributed by atoms with Crippen molar-refractivity contribution in [3.05, 3.63) is 57.6 Å². The molecule has 0 aromatic heterocycles. The molecule has 0 atom stereocenters. The van der Waals surface area contributed by atoms with E-state index in [1.54, 1.807) is 12.1 Å². The van der Waals surface area contributed by atoms with E-state index in [0.29, 0.717) is 0 Å². The molecule has 1 amide bonds. The van der Waals surface area contributed by atoms with E-state index in [1.165, 1.54) is 23.6 Å². The fraction of sp³-hybridized carbons (Fsp3) is 0.188. The van der Waals surface area contributed by atoms with Crippen molar-refractivity contribution in [2.75, 3.05) is 5.32 Å². The van der Waals surface area contributed by atoms with Gasteiger partial charge in [0.25, 0.3) is 5.91 Å². The van der Waals surface area contributed by atoms with Crippen LogP contribution in [-0.4, -0.2) is 11.0 Å². The third-order valence-electron chi connectivity index (χ3n) is 3.56. The Morgan fingerprint density at radius 1 is 1.10 bits per heavy atom. The minimum atomic E-state index is -0.298. The number of rotatable bonds is 2. The highest BCUT2D eigenvalue weighted by Crippen LogP contribution is 2.26. The molecule has 0 radical (unpaired) electrons. The van der Waals surface area contributed by atoms with Crippen LogP contribution in [0.2, 0.25) is 0 Å². The van der Waals surface area contributed by atoms with Gasteiger partial charge in [-0.25, -0.2) is 0 Å². The molecule has 102 valence electrons. The summed E-state index contributed by atoms with van der Waals surface area (Å²) >= 11 is 3.25. The van der Waals surface area contributed by atoms with Crippen LogP contribution in [0.3, 0.4) is 0 Å². The number of phenols is 1. The summed E-state index contributed by atoms with van der Waals surface area (Å²) in [5.74, 6) is -0.328. The lowest BCUT2D eigenvalue weighted by molar-refractivity contribution is 0.102. The summed E-state index contributed by atoms with van der Waals surface area (Å²) in [4.78, 5) is 12.2. The fourth-order valence-electron chi connectivity index (χ4n) is 2.54. The van der Waals surface area contributed by atoms with Crippen molar-refractivity contribution in [3.63, 3.8) is 0 Å². The molecule has 4 heteroatoms. The quantitative estimate of drug-likeness (QED) is 0.876. The standard InChI is InChI=1S/C16H14BrNO2/c17-12-5-7-14(15(19)9-12)16(20)18-13-6-4-10-2-1-3-11(10)8-13/h4-9,19H,1-3H2,(H,18,20). The number of aryl methyl sites for hydroxylation is 2. The lowest BCUT2D eigenvalue weighted by atomic mass is 10.1. The Morgan fingerprint density at radius 2 is 1.90 bits per heavy atom. The van der Waals surface area contributed by atoms with Crippen molar-refractivity contribution in [1.82, 2.24) is 0 Å². The van der Waals surface area contributed by atoms with Gasteiger partial charge in [0, 0.05) is 10.2 Å². The Bertz CT molecular complexity index is 682. The Balaban J connectivity index is 1.82. The van der Waals surface area contributed by atoms with Crippen LogP contribution in [0.4, 0.5) is 5.69 Å². The van der Waals surface area contributed by atoms with Crippen LogP contribution < -0.4 is 5.32 Å². The van der Waals surface area contributed by atoms with Crippen molar-refractivity contribution in [2.24, 2.45) is 0 Å². The predicted octanol–water partition coefficient (Wildman–Crippen LogP) is 3.90. The zero-order valence-electron chi connectivity index (χ0n) is 10.8. The molecule has 0 saturated heterocycles. The lowest BCUT2D eigenvalue weighted by Gasteiger charge is -2.09. The van der Waals surface area contributed by atoms with Crippen molar-refractivity contribution in [1.29, 1.82) is 0 Å². The van der Waals surface area contributed by atoms with E-state index < -0.39 is 0 Å². The van der Waals surface area contributed by atoms with E-state index in [-0.39, 0.29) is 17.2 Å². The van der Waals surface area contributed by atoms with Gasteiger partial charge in [-0.05, 0) is 60.7 Å². The molecule has 2 aromatic carbocycles. The van der Waals surface area contributed by atoms with Gasteiger partial charge in [0.1, 0.15) is 5.75 Å². The Kier molecular flexibility index (Phi) is 3.49. The highest BCUT2D eigenvalue weighted by atomic mass is 79.9. The number of anilines is 1. The highest BCUT2D eigenvalue weighted by molar-refractivity contribution is 9.10. The molecule has 3 nitrogen and oxygen atoms in total. The van der Waals surface area contributed by atoms with Crippen molar-refractivity contribution >= 4 is 27.5 Å². The van der Waals surface area contributed by atoms with Gasteiger partial charge in [-0.15, -0.1) is 0 Å². The number of aromatic hydroxyl groups is 1. The van der Waals surface area contributed by atoms with Crippen LogP contribution in [0.15, 0.2) is 40.9 Å². The van der Waals surface area contributed by atoms with E-state index in [9.17, 15) is 9.90 Å². The predicted molar refractivity (Wildman–Crippen MR) is 82.2 cm³/mol. The zero-order valence-corrected chi connectivity index (χ0v) is 12.4. The summed E-state index contributed by atoms with van der Waals surface area (Å²) in [5, 5.41) is 12.6. The maximum Gasteiger partial charge on any atom is 0.259 e. The summed E-state index contributed by atoms with van der Waals surface area (Å²) in [6, 6.07) is 10.9. The van der Waals surface area contributed by atoms with Crippen LogP contribution in [0.1, 0.15) is 27.9 Å². The smallest absolute Gasteiger partial charge is 0.259 e. The third kappa shape index (κ3) is 2.56. The number of halogens is 1. The molecule has 0 bridgehead atoms. The van der Waals surface area contributed by atoms with Crippen molar-refractivity contribution in [2.45, 2.75) is 19.3 Å².